The highest BCUT2D eigenvalue weighted by Crippen LogP contribution is 2.12. The number of hydrogen-bond donors (Lipinski definition) is 0. The molecule has 1 aromatic rings. The third-order valence-corrected chi connectivity index (χ3v) is 4.09. The molecule has 0 aliphatic rings. The Balaban J connectivity index is 0.00000400. The molecule has 0 aliphatic carbocycles. The minimum Gasteiger partial charge on any atom is -0.870 e. The van der Waals surface area contributed by atoms with E-state index >= 15 is 0 Å². The lowest BCUT2D eigenvalue weighted by Gasteiger charge is -2.02. The van der Waals surface area contributed by atoms with Crippen molar-refractivity contribution in [3.63, 3.8) is 0 Å². The van der Waals surface area contributed by atoms with E-state index in [1.807, 2.05) is 0 Å². The highest BCUT2D eigenvalue weighted by Gasteiger charge is 1.99. The molecule has 0 fully saturated rings. The van der Waals surface area contributed by atoms with Crippen LogP contribution >= 0.6 is 0 Å². The maximum absolute atomic E-state index is 2.29. The fourth-order valence-electron chi connectivity index (χ4n) is 2.77. The van der Waals surface area contributed by atoms with E-state index in [-0.39, 0.29) is 5.48 Å². The highest BCUT2D eigenvalue weighted by molar-refractivity contribution is 4.65. The summed E-state index contributed by atoms with van der Waals surface area (Å²) in [6, 6.07) is 0. The summed E-state index contributed by atoms with van der Waals surface area (Å²) in [6.45, 7) is 3.47. The first-order valence-corrected chi connectivity index (χ1v) is 8.84. The summed E-state index contributed by atoms with van der Waals surface area (Å²) in [5.41, 5.74) is 0. The zero-order chi connectivity index (χ0) is 14.5. The van der Waals surface area contributed by atoms with E-state index < -0.39 is 0 Å². The maximum atomic E-state index is 2.29. The van der Waals surface area contributed by atoms with Crippen LogP contribution in [-0.2, 0) is 13.6 Å². The Morgan fingerprint density at radius 2 is 1.24 bits per heavy atom. The molecule has 0 unspecified atom stereocenters. The molecule has 3 heteroatoms. The molecular formula is C18H36N2O. The van der Waals surface area contributed by atoms with Gasteiger partial charge in [0, 0.05) is 0 Å². The predicted molar refractivity (Wildman–Crippen MR) is 88.6 cm³/mol. The molecule has 21 heavy (non-hydrogen) atoms. The van der Waals surface area contributed by atoms with Crippen molar-refractivity contribution in [3.05, 3.63) is 18.7 Å². The average molecular weight is 296 g/mol. The molecule has 1 heterocycles. The third-order valence-electron chi connectivity index (χ3n) is 4.09. The van der Waals surface area contributed by atoms with Crippen LogP contribution in [0.3, 0.4) is 0 Å². The van der Waals surface area contributed by atoms with Gasteiger partial charge in [-0.15, -0.1) is 0 Å². The van der Waals surface area contributed by atoms with E-state index in [2.05, 4.69) is 41.8 Å². The van der Waals surface area contributed by atoms with Crippen LogP contribution in [0.4, 0.5) is 0 Å². The van der Waals surface area contributed by atoms with Crippen molar-refractivity contribution in [3.8, 4) is 0 Å². The summed E-state index contributed by atoms with van der Waals surface area (Å²) in [5, 5.41) is 0. The number of hydrogen-bond acceptors (Lipinski definition) is 1. The molecule has 0 spiro atoms. The lowest BCUT2D eigenvalue weighted by atomic mass is 10.1. The second-order valence-electron chi connectivity index (χ2n) is 6.21. The zero-order valence-corrected chi connectivity index (χ0v) is 14.3. The van der Waals surface area contributed by atoms with E-state index in [1.165, 1.54) is 83.6 Å². The average Bonchev–Trinajstić information content (AvgIpc) is 2.86. The lowest BCUT2D eigenvalue weighted by Crippen LogP contribution is -2.23. The Morgan fingerprint density at radius 3 is 1.67 bits per heavy atom. The van der Waals surface area contributed by atoms with Gasteiger partial charge in [-0.25, -0.2) is 9.13 Å². The molecule has 0 radical (unpaired) electrons. The predicted octanol–water partition coefficient (Wildman–Crippen LogP) is 4.84. The van der Waals surface area contributed by atoms with E-state index in [4.69, 9.17) is 0 Å². The molecule has 1 N–H and O–H groups in total. The SMILES string of the molecule is CCCCCCCCCCCCCCn1cc[n+](C)c1.[OH-]. The van der Waals surface area contributed by atoms with Gasteiger partial charge in [-0.2, -0.15) is 0 Å². The molecule has 0 atom stereocenters. The van der Waals surface area contributed by atoms with E-state index in [9.17, 15) is 0 Å². The topological polar surface area (TPSA) is 38.8 Å². The molecule has 1 aromatic heterocycles. The lowest BCUT2D eigenvalue weighted by molar-refractivity contribution is -0.671. The minimum absolute atomic E-state index is 0. The van der Waals surface area contributed by atoms with Crippen molar-refractivity contribution in [2.75, 3.05) is 0 Å². The number of aromatic nitrogens is 2. The largest absolute Gasteiger partial charge is 0.870 e. The van der Waals surface area contributed by atoms with Gasteiger partial charge in [0.25, 0.3) is 0 Å². The maximum Gasteiger partial charge on any atom is 0.243 e. The van der Waals surface area contributed by atoms with Gasteiger partial charge in [0.2, 0.25) is 6.33 Å². The van der Waals surface area contributed by atoms with Crippen molar-refractivity contribution < 1.29 is 10.0 Å². The standard InChI is InChI=1S/C18H35N2.H2O/c1-3-4-5-6-7-8-9-10-11-12-13-14-15-20-17-16-19(2)18-20;/h16-18H,3-15H2,1-2H3;1H2/q+1;/p-1. The molecule has 0 bridgehead atoms. The molecule has 1 rings (SSSR count). The quantitative estimate of drug-likeness (QED) is 0.379. The third kappa shape index (κ3) is 11.5. The summed E-state index contributed by atoms with van der Waals surface area (Å²) < 4.78 is 4.40. The number of rotatable bonds is 13. The van der Waals surface area contributed by atoms with Crippen LogP contribution in [-0.4, -0.2) is 10.0 Å². The molecular weight excluding hydrogens is 260 g/mol. The van der Waals surface area contributed by atoms with Crippen LogP contribution in [0.25, 0.3) is 0 Å². The highest BCUT2D eigenvalue weighted by atomic mass is 16.0. The number of imidazole rings is 1. The van der Waals surface area contributed by atoms with Gasteiger partial charge in [-0.1, -0.05) is 71.1 Å². The van der Waals surface area contributed by atoms with Gasteiger partial charge in [0.1, 0.15) is 12.4 Å². The Bertz CT molecular complexity index is 323. The monoisotopic (exact) mass is 296 g/mol. The van der Waals surface area contributed by atoms with Gasteiger partial charge in [-0.05, 0) is 12.8 Å². The van der Waals surface area contributed by atoms with Crippen molar-refractivity contribution >= 4 is 0 Å². The summed E-state index contributed by atoms with van der Waals surface area (Å²) in [7, 11) is 2.08. The van der Waals surface area contributed by atoms with Crippen molar-refractivity contribution in [2.24, 2.45) is 7.05 Å². The Hall–Kier alpha value is -0.830. The Kier molecular flexibility index (Phi) is 13.6. The fourth-order valence-corrected chi connectivity index (χ4v) is 2.77. The molecule has 3 nitrogen and oxygen atoms in total. The van der Waals surface area contributed by atoms with Crippen molar-refractivity contribution in [1.82, 2.24) is 4.57 Å². The van der Waals surface area contributed by atoms with Gasteiger partial charge >= 0.3 is 0 Å². The Labute approximate surface area is 131 Å². The summed E-state index contributed by atoms with van der Waals surface area (Å²) >= 11 is 0. The van der Waals surface area contributed by atoms with Crippen LogP contribution in [0, 0.1) is 0 Å². The number of aryl methyl sites for hydroxylation is 2. The van der Waals surface area contributed by atoms with E-state index in [1.54, 1.807) is 0 Å². The number of unbranched alkanes of at least 4 members (excludes halogenated alkanes) is 11. The Morgan fingerprint density at radius 1 is 0.762 bits per heavy atom. The zero-order valence-electron chi connectivity index (χ0n) is 14.3. The van der Waals surface area contributed by atoms with Gasteiger partial charge in [-0.3, -0.25) is 0 Å². The second-order valence-corrected chi connectivity index (χ2v) is 6.21. The van der Waals surface area contributed by atoms with E-state index in [0.29, 0.717) is 0 Å². The summed E-state index contributed by atoms with van der Waals surface area (Å²) in [5.74, 6) is 0. The molecule has 0 saturated carbocycles. The molecule has 0 aliphatic heterocycles. The smallest absolute Gasteiger partial charge is 0.243 e. The van der Waals surface area contributed by atoms with Crippen LogP contribution in [0.2, 0.25) is 0 Å². The molecule has 0 aromatic carbocycles. The summed E-state index contributed by atoms with van der Waals surface area (Å²) in [4.78, 5) is 0. The second kappa shape index (κ2) is 14.1. The number of nitrogens with zero attached hydrogens (tertiary/aromatic N) is 2. The molecule has 0 amide bonds. The normalized spacial score (nSPS) is 10.6. The van der Waals surface area contributed by atoms with Crippen LogP contribution in [0.15, 0.2) is 18.7 Å². The summed E-state index contributed by atoms with van der Waals surface area (Å²) in [6.07, 6.45) is 23.6. The first-order chi connectivity index (χ1) is 9.83. The van der Waals surface area contributed by atoms with Crippen molar-refractivity contribution in [1.29, 1.82) is 0 Å². The fraction of sp³-hybridized carbons (Fsp3) is 0.833. The molecule has 0 saturated heterocycles. The first-order valence-electron chi connectivity index (χ1n) is 8.84. The minimum atomic E-state index is 0. The van der Waals surface area contributed by atoms with Crippen LogP contribution in [0.1, 0.15) is 84.0 Å². The van der Waals surface area contributed by atoms with E-state index in [0.717, 1.165) is 0 Å². The van der Waals surface area contributed by atoms with Crippen LogP contribution < -0.4 is 4.57 Å². The first kappa shape index (κ1) is 20.2. The van der Waals surface area contributed by atoms with Gasteiger partial charge in [0.15, 0.2) is 0 Å². The van der Waals surface area contributed by atoms with Crippen molar-refractivity contribution in [2.45, 2.75) is 90.5 Å². The van der Waals surface area contributed by atoms with Gasteiger partial charge in [0.05, 0.1) is 13.6 Å². The molecule has 124 valence electrons. The van der Waals surface area contributed by atoms with Crippen LogP contribution in [0.5, 0.6) is 0 Å². The van der Waals surface area contributed by atoms with Gasteiger partial charge < -0.3 is 5.48 Å².